The highest BCUT2D eigenvalue weighted by atomic mass is 32.2. The van der Waals surface area contributed by atoms with Gasteiger partial charge in [-0.3, -0.25) is 5.41 Å². The van der Waals surface area contributed by atoms with Crippen LogP contribution < -0.4 is 9.62 Å². The van der Waals surface area contributed by atoms with Gasteiger partial charge in [-0.05, 0) is 30.4 Å². The molecule has 1 fully saturated rings. The van der Waals surface area contributed by atoms with E-state index in [9.17, 15) is 13.3 Å². The molecule has 0 spiro atoms. The highest BCUT2D eigenvalue weighted by molar-refractivity contribution is 7.88. The molecule has 1 aliphatic heterocycles. The second-order valence-corrected chi connectivity index (χ2v) is 8.64. The van der Waals surface area contributed by atoms with Crippen LogP contribution in [0.2, 0.25) is 0 Å². The van der Waals surface area contributed by atoms with E-state index in [-0.39, 0.29) is 0 Å². The number of halogens is 2. The van der Waals surface area contributed by atoms with Crippen LogP contribution >= 0.6 is 0 Å². The molecule has 3 rings (SSSR count). The van der Waals surface area contributed by atoms with Crippen LogP contribution in [0, 0.1) is 17.2 Å². The summed E-state index contributed by atoms with van der Waals surface area (Å²) in [5, 5.41) is 7.16. The standard InChI is InChI=1S/C19H25F2N7OS/c1-12-5-13(7-26-30(2)29)10-28(9-12)18-6-15(24-11-25-18)16-8-23-17(27-16)4-3-14(22)19(20)21/h3-4,6,8,11-13,19,22,26H,5,7,9-10H2,1-2H3,(H,23,27)/b4-3-,22-14?. The molecule has 2 aromatic rings. The Bertz CT molecular complexity index is 889. The third-order valence-corrected chi connectivity index (χ3v) is 5.40. The predicted octanol–water partition coefficient (Wildman–Crippen LogP) is 2.51. The summed E-state index contributed by atoms with van der Waals surface area (Å²) >= 11 is -1.03. The molecule has 162 valence electrons. The Hall–Kier alpha value is -2.37. The smallest absolute Gasteiger partial charge is 0.279 e. The fourth-order valence-electron chi connectivity index (χ4n) is 3.51. The minimum atomic E-state index is -2.82. The first-order valence-corrected chi connectivity index (χ1v) is 11.1. The summed E-state index contributed by atoms with van der Waals surface area (Å²) in [6, 6.07) is 1.86. The van der Waals surface area contributed by atoms with Gasteiger partial charge in [-0.1, -0.05) is 6.92 Å². The van der Waals surface area contributed by atoms with Gasteiger partial charge in [0.15, 0.2) is 0 Å². The van der Waals surface area contributed by atoms with Gasteiger partial charge in [0.1, 0.15) is 24.2 Å². The molecule has 1 saturated heterocycles. The van der Waals surface area contributed by atoms with Gasteiger partial charge >= 0.3 is 0 Å². The number of rotatable bonds is 8. The van der Waals surface area contributed by atoms with E-state index in [0.717, 1.165) is 31.4 Å². The molecule has 0 saturated carbocycles. The van der Waals surface area contributed by atoms with Gasteiger partial charge in [0.05, 0.1) is 23.3 Å². The number of anilines is 1. The Morgan fingerprint density at radius 3 is 2.97 bits per heavy atom. The fourth-order valence-corrected chi connectivity index (χ4v) is 3.98. The normalized spacial score (nSPS) is 20.8. The van der Waals surface area contributed by atoms with Crippen molar-refractivity contribution in [1.29, 1.82) is 5.41 Å². The van der Waals surface area contributed by atoms with E-state index in [0.29, 0.717) is 35.6 Å². The van der Waals surface area contributed by atoms with Crippen molar-refractivity contribution >= 4 is 29.0 Å². The second kappa shape index (κ2) is 10.1. The van der Waals surface area contributed by atoms with Crippen LogP contribution in [0.3, 0.4) is 0 Å². The topological polar surface area (TPSA) is 117 Å². The number of hydrogen-bond acceptors (Lipinski definition) is 7. The van der Waals surface area contributed by atoms with Crippen molar-refractivity contribution in [3.8, 4) is 11.4 Å². The van der Waals surface area contributed by atoms with Crippen LogP contribution in [0.1, 0.15) is 19.2 Å². The van der Waals surface area contributed by atoms with Gasteiger partial charge in [-0.25, -0.2) is 23.7 Å². The number of hydrogen-bond donors (Lipinski definition) is 3. The molecule has 11 heteroatoms. The molecule has 3 atom stereocenters. The number of alkyl halides is 2. The number of imidazole rings is 1. The zero-order chi connectivity index (χ0) is 21.7. The molecule has 1 aliphatic rings. The maximum absolute atomic E-state index is 12.4. The van der Waals surface area contributed by atoms with E-state index in [2.05, 4.69) is 36.5 Å². The fraction of sp³-hybridized carbons (Fsp3) is 0.474. The van der Waals surface area contributed by atoms with E-state index in [4.69, 9.17) is 5.41 Å². The average Bonchev–Trinajstić information content (AvgIpc) is 3.19. The van der Waals surface area contributed by atoms with Crippen LogP contribution in [-0.2, 0) is 11.4 Å². The summed E-state index contributed by atoms with van der Waals surface area (Å²) in [4.78, 5) is 18.1. The lowest BCUT2D eigenvalue weighted by Gasteiger charge is -2.37. The van der Waals surface area contributed by atoms with Gasteiger partial charge < -0.3 is 14.4 Å². The summed E-state index contributed by atoms with van der Waals surface area (Å²) in [6.45, 7) is 4.55. The lowest BCUT2D eigenvalue weighted by Crippen LogP contribution is -2.44. The number of piperidine rings is 1. The van der Waals surface area contributed by atoms with Crippen molar-refractivity contribution < 1.29 is 13.3 Å². The monoisotopic (exact) mass is 437 g/mol. The molecule has 3 heterocycles. The maximum atomic E-state index is 12.4. The zero-order valence-electron chi connectivity index (χ0n) is 16.8. The number of aromatic amines is 1. The Morgan fingerprint density at radius 2 is 2.23 bits per heavy atom. The third-order valence-electron chi connectivity index (χ3n) is 4.83. The molecule has 3 N–H and O–H groups in total. The SMILES string of the molecule is CC1CC(CN[S+](C)[O-])CN(c2cc(-c3cnc(/C=C\C(=N)C(F)F)[nH]3)ncn2)C1. The Kier molecular flexibility index (Phi) is 7.51. The molecule has 8 nitrogen and oxygen atoms in total. The Labute approximate surface area is 177 Å². The molecule has 3 unspecified atom stereocenters. The van der Waals surface area contributed by atoms with E-state index < -0.39 is 23.5 Å². The lowest BCUT2D eigenvalue weighted by atomic mass is 9.90. The highest BCUT2D eigenvalue weighted by Crippen LogP contribution is 2.27. The van der Waals surface area contributed by atoms with Gasteiger partial charge in [0, 0.05) is 37.1 Å². The molecule has 30 heavy (non-hydrogen) atoms. The highest BCUT2D eigenvalue weighted by Gasteiger charge is 2.26. The summed E-state index contributed by atoms with van der Waals surface area (Å²) in [5.74, 6) is 2.00. The molecular weight excluding hydrogens is 412 g/mol. The molecular formula is C19H25F2N7OS. The quantitative estimate of drug-likeness (QED) is 0.432. The lowest BCUT2D eigenvalue weighted by molar-refractivity contribution is 0.226. The van der Waals surface area contributed by atoms with Crippen molar-refractivity contribution in [3.05, 3.63) is 30.5 Å². The van der Waals surface area contributed by atoms with Crippen LogP contribution in [0.25, 0.3) is 17.5 Å². The van der Waals surface area contributed by atoms with Crippen molar-refractivity contribution in [2.45, 2.75) is 19.8 Å². The Balaban J connectivity index is 1.72. The van der Waals surface area contributed by atoms with Crippen LogP contribution in [0.5, 0.6) is 0 Å². The van der Waals surface area contributed by atoms with Gasteiger partial charge in [-0.15, -0.1) is 4.72 Å². The minimum Gasteiger partial charge on any atom is -0.598 e. The summed E-state index contributed by atoms with van der Waals surface area (Å²) in [5.41, 5.74) is 0.498. The second-order valence-electron chi connectivity index (χ2n) is 7.45. The van der Waals surface area contributed by atoms with Gasteiger partial charge in [-0.2, -0.15) is 0 Å². The molecule has 0 aliphatic carbocycles. The van der Waals surface area contributed by atoms with Gasteiger partial charge in [0.2, 0.25) is 0 Å². The van der Waals surface area contributed by atoms with Gasteiger partial charge in [0.25, 0.3) is 6.43 Å². The maximum Gasteiger partial charge on any atom is 0.279 e. The number of aromatic nitrogens is 4. The van der Waals surface area contributed by atoms with Crippen LogP contribution in [0.15, 0.2) is 24.7 Å². The number of allylic oxidation sites excluding steroid dienone is 1. The molecule has 0 bridgehead atoms. The molecule has 0 aromatic carbocycles. The van der Waals surface area contributed by atoms with Crippen molar-refractivity contribution in [1.82, 2.24) is 24.7 Å². The average molecular weight is 438 g/mol. The third kappa shape index (κ3) is 6.07. The molecule has 0 radical (unpaired) electrons. The van der Waals surface area contributed by atoms with Crippen LogP contribution in [-0.4, -0.2) is 62.5 Å². The number of H-pyrrole nitrogens is 1. The predicted molar refractivity (Wildman–Crippen MR) is 114 cm³/mol. The van der Waals surface area contributed by atoms with E-state index >= 15 is 0 Å². The van der Waals surface area contributed by atoms with Crippen molar-refractivity contribution in [2.75, 3.05) is 30.8 Å². The first kappa shape index (κ1) is 22.3. The summed E-state index contributed by atoms with van der Waals surface area (Å²) in [7, 11) is 0. The largest absolute Gasteiger partial charge is 0.598 e. The Morgan fingerprint density at radius 1 is 1.43 bits per heavy atom. The van der Waals surface area contributed by atoms with E-state index in [1.54, 1.807) is 12.5 Å². The minimum absolute atomic E-state index is 0.362. The molecule has 2 aromatic heterocycles. The first-order valence-electron chi connectivity index (χ1n) is 9.55. The van der Waals surface area contributed by atoms with E-state index in [1.165, 1.54) is 12.4 Å². The van der Waals surface area contributed by atoms with E-state index in [1.807, 2.05) is 6.07 Å². The molecule has 0 amide bonds. The zero-order valence-corrected chi connectivity index (χ0v) is 17.6. The summed E-state index contributed by atoms with van der Waals surface area (Å²) in [6.07, 6.45) is 5.28. The van der Waals surface area contributed by atoms with Crippen molar-refractivity contribution in [2.24, 2.45) is 11.8 Å². The van der Waals surface area contributed by atoms with Crippen LogP contribution in [0.4, 0.5) is 14.6 Å². The number of nitrogens with zero attached hydrogens (tertiary/aromatic N) is 4. The van der Waals surface area contributed by atoms with Crippen molar-refractivity contribution in [3.63, 3.8) is 0 Å². The summed E-state index contributed by atoms with van der Waals surface area (Å²) < 4.78 is 39.2. The number of nitrogens with one attached hydrogen (secondary N) is 3. The first-order chi connectivity index (χ1) is 14.3.